The molecule has 0 fully saturated rings. The van der Waals surface area contributed by atoms with Crippen molar-refractivity contribution >= 4 is 28.0 Å². The molecule has 1 atom stereocenters. The minimum atomic E-state index is -0.0113. The second kappa shape index (κ2) is 8.02. The molecule has 0 bridgehead atoms. The van der Waals surface area contributed by atoms with Crippen LogP contribution in [0.4, 0.5) is 11.4 Å². The lowest BCUT2D eigenvalue weighted by molar-refractivity contribution is 0.885. The lowest BCUT2D eigenvalue weighted by Gasteiger charge is -2.19. The van der Waals surface area contributed by atoms with Crippen molar-refractivity contribution in [3.8, 4) is 6.07 Å². The highest BCUT2D eigenvalue weighted by Crippen LogP contribution is 2.31. The van der Waals surface area contributed by atoms with Gasteiger partial charge in [0.1, 0.15) is 6.07 Å². The number of hydrogen-bond acceptors (Lipinski definition) is 6. The van der Waals surface area contributed by atoms with E-state index in [1.54, 1.807) is 18.5 Å². The van der Waals surface area contributed by atoms with Crippen LogP contribution in [-0.4, -0.2) is 15.7 Å². The number of hydrogen-bond donors (Lipinski definition) is 3. The third-order valence-electron chi connectivity index (χ3n) is 5.06. The van der Waals surface area contributed by atoms with Crippen molar-refractivity contribution in [2.24, 2.45) is 0 Å². The van der Waals surface area contributed by atoms with E-state index in [4.69, 9.17) is 11.1 Å². The number of fused-ring (bicyclic) bond motifs is 1. The maximum absolute atomic E-state index is 9.66. The van der Waals surface area contributed by atoms with Gasteiger partial charge in [-0.1, -0.05) is 36.4 Å². The highest BCUT2D eigenvalue weighted by atomic mass is 14.9. The fourth-order valence-corrected chi connectivity index (χ4v) is 3.42. The Hall–Kier alpha value is -4.24. The number of aromatic nitrogens is 2. The van der Waals surface area contributed by atoms with Crippen molar-refractivity contribution in [3.05, 3.63) is 95.4 Å². The van der Waals surface area contributed by atoms with Gasteiger partial charge in [0.05, 0.1) is 34.4 Å². The van der Waals surface area contributed by atoms with Gasteiger partial charge in [-0.15, -0.1) is 0 Å². The number of rotatable bonds is 5. The number of nitrogens with one attached hydrogen (secondary N) is 2. The number of anilines is 2. The molecule has 0 amide bonds. The van der Waals surface area contributed by atoms with Crippen LogP contribution in [0.15, 0.2) is 73.2 Å². The largest absolute Gasteiger partial charge is 0.397 e. The summed E-state index contributed by atoms with van der Waals surface area (Å²) in [6.45, 7) is 2.05. The lowest BCUT2D eigenvalue weighted by Crippen LogP contribution is -2.09. The van der Waals surface area contributed by atoms with Crippen LogP contribution in [0.3, 0.4) is 0 Å². The Morgan fingerprint density at radius 2 is 1.93 bits per heavy atom. The minimum Gasteiger partial charge on any atom is -0.397 e. The SMILES string of the molecule is CC(Nc1c(C#N)cnc2ccc(C(=N)c3ccncc3N)cc12)c1ccccc1. The van der Waals surface area contributed by atoms with Crippen LogP contribution in [0.25, 0.3) is 10.9 Å². The van der Waals surface area contributed by atoms with Gasteiger partial charge >= 0.3 is 0 Å². The summed E-state index contributed by atoms with van der Waals surface area (Å²) in [6.07, 6.45) is 4.73. The molecule has 2 aromatic carbocycles. The standard InChI is InChI=1S/C24H20N6/c1-15(16-5-3-2-4-6-16)30-24-18(12-25)13-29-22-8-7-17(11-20(22)24)23(27)19-9-10-28-14-21(19)26/h2-11,13-15,27H,26H2,1H3,(H,29,30). The van der Waals surface area contributed by atoms with E-state index in [-0.39, 0.29) is 6.04 Å². The van der Waals surface area contributed by atoms with Gasteiger partial charge < -0.3 is 11.1 Å². The van der Waals surface area contributed by atoms with Gasteiger partial charge in [-0.25, -0.2) is 0 Å². The van der Waals surface area contributed by atoms with Crippen molar-refractivity contribution in [2.45, 2.75) is 13.0 Å². The molecule has 0 aliphatic heterocycles. The van der Waals surface area contributed by atoms with E-state index in [1.807, 2.05) is 55.5 Å². The van der Waals surface area contributed by atoms with E-state index in [0.717, 1.165) is 16.5 Å². The van der Waals surface area contributed by atoms with Crippen LogP contribution in [-0.2, 0) is 0 Å². The molecule has 6 heteroatoms. The molecular formula is C24H20N6. The summed E-state index contributed by atoms with van der Waals surface area (Å²) in [5.41, 5.74) is 11.1. The minimum absolute atomic E-state index is 0.0113. The summed E-state index contributed by atoms with van der Waals surface area (Å²) in [7, 11) is 0. The summed E-state index contributed by atoms with van der Waals surface area (Å²) in [5.74, 6) is 0. The van der Waals surface area contributed by atoms with Crippen molar-refractivity contribution in [2.75, 3.05) is 11.1 Å². The highest BCUT2D eigenvalue weighted by Gasteiger charge is 2.15. The average molecular weight is 392 g/mol. The zero-order valence-corrected chi connectivity index (χ0v) is 16.4. The normalized spacial score (nSPS) is 11.6. The first-order chi connectivity index (χ1) is 14.6. The molecule has 4 N–H and O–H groups in total. The first kappa shape index (κ1) is 19.1. The first-order valence-electron chi connectivity index (χ1n) is 9.51. The smallest absolute Gasteiger partial charge is 0.103 e. The Labute approximate surface area is 174 Å². The average Bonchev–Trinajstić information content (AvgIpc) is 2.79. The van der Waals surface area contributed by atoms with Gasteiger partial charge in [-0.05, 0) is 30.7 Å². The van der Waals surface area contributed by atoms with Gasteiger partial charge in [0.15, 0.2) is 0 Å². The topological polar surface area (TPSA) is 111 Å². The molecule has 0 aliphatic rings. The molecule has 0 aliphatic carbocycles. The van der Waals surface area contributed by atoms with Crippen LogP contribution in [0, 0.1) is 16.7 Å². The van der Waals surface area contributed by atoms with Gasteiger partial charge in [-0.3, -0.25) is 15.4 Å². The van der Waals surface area contributed by atoms with Crippen LogP contribution < -0.4 is 11.1 Å². The zero-order valence-electron chi connectivity index (χ0n) is 16.4. The molecule has 0 radical (unpaired) electrons. The summed E-state index contributed by atoms with van der Waals surface area (Å²) in [6, 6.07) is 19.6. The Morgan fingerprint density at radius 1 is 1.13 bits per heavy atom. The van der Waals surface area contributed by atoms with Crippen molar-refractivity contribution in [1.29, 1.82) is 10.7 Å². The van der Waals surface area contributed by atoms with E-state index in [0.29, 0.717) is 33.8 Å². The first-order valence-corrected chi connectivity index (χ1v) is 9.51. The van der Waals surface area contributed by atoms with Gasteiger partial charge in [0, 0.05) is 34.9 Å². The number of nitrogen functional groups attached to an aromatic ring is 1. The van der Waals surface area contributed by atoms with E-state index >= 15 is 0 Å². The maximum Gasteiger partial charge on any atom is 0.103 e. The molecule has 146 valence electrons. The summed E-state index contributed by atoms with van der Waals surface area (Å²) >= 11 is 0. The van der Waals surface area contributed by atoms with E-state index in [2.05, 4.69) is 21.4 Å². The van der Waals surface area contributed by atoms with Crippen molar-refractivity contribution < 1.29 is 0 Å². The Kier molecular flexibility index (Phi) is 5.10. The molecule has 0 spiro atoms. The third kappa shape index (κ3) is 3.56. The molecule has 0 saturated carbocycles. The Bertz CT molecular complexity index is 1270. The molecular weight excluding hydrogens is 372 g/mol. The second-order valence-electron chi connectivity index (χ2n) is 7.01. The number of nitrogens with two attached hydrogens (primary N) is 1. The quantitative estimate of drug-likeness (QED) is 0.427. The van der Waals surface area contributed by atoms with Crippen molar-refractivity contribution in [1.82, 2.24) is 9.97 Å². The predicted molar refractivity (Wildman–Crippen MR) is 120 cm³/mol. The Morgan fingerprint density at radius 3 is 2.67 bits per heavy atom. The molecule has 2 heterocycles. The highest BCUT2D eigenvalue weighted by molar-refractivity contribution is 6.15. The van der Waals surface area contributed by atoms with E-state index in [9.17, 15) is 5.26 Å². The maximum atomic E-state index is 9.66. The summed E-state index contributed by atoms with van der Waals surface area (Å²) < 4.78 is 0. The molecule has 1 unspecified atom stereocenters. The Balaban J connectivity index is 1.81. The third-order valence-corrected chi connectivity index (χ3v) is 5.06. The molecule has 4 aromatic rings. The second-order valence-corrected chi connectivity index (χ2v) is 7.01. The fourth-order valence-electron chi connectivity index (χ4n) is 3.42. The van der Waals surface area contributed by atoms with Crippen LogP contribution >= 0.6 is 0 Å². The van der Waals surface area contributed by atoms with Crippen LogP contribution in [0.1, 0.15) is 35.2 Å². The zero-order chi connectivity index (χ0) is 21.1. The molecule has 6 nitrogen and oxygen atoms in total. The monoisotopic (exact) mass is 392 g/mol. The summed E-state index contributed by atoms with van der Waals surface area (Å²) in [4.78, 5) is 8.41. The lowest BCUT2D eigenvalue weighted by atomic mass is 9.98. The molecule has 0 saturated heterocycles. The van der Waals surface area contributed by atoms with E-state index < -0.39 is 0 Å². The molecule has 2 aromatic heterocycles. The van der Waals surface area contributed by atoms with Crippen molar-refractivity contribution in [3.63, 3.8) is 0 Å². The predicted octanol–water partition coefficient (Wildman–Crippen LogP) is 4.67. The number of nitrogens with zero attached hydrogens (tertiary/aromatic N) is 3. The van der Waals surface area contributed by atoms with Gasteiger partial charge in [0.25, 0.3) is 0 Å². The van der Waals surface area contributed by atoms with Crippen LogP contribution in [0.2, 0.25) is 0 Å². The molecule has 4 rings (SSSR count). The fraction of sp³-hybridized carbons (Fsp3) is 0.0833. The summed E-state index contributed by atoms with van der Waals surface area (Å²) in [5, 5.41) is 22.5. The van der Waals surface area contributed by atoms with E-state index in [1.165, 1.54) is 6.20 Å². The number of pyridine rings is 2. The number of nitriles is 1. The number of benzene rings is 2. The van der Waals surface area contributed by atoms with Gasteiger partial charge in [-0.2, -0.15) is 5.26 Å². The molecule has 30 heavy (non-hydrogen) atoms. The van der Waals surface area contributed by atoms with Crippen LogP contribution in [0.5, 0.6) is 0 Å². The van der Waals surface area contributed by atoms with Gasteiger partial charge in [0.2, 0.25) is 0 Å².